The summed E-state index contributed by atoms with van der Waals surface area (Å²) in [4.78, 5) is 28.5. The number of hydrogen-bond acceptors (Lipinski definition) is 4. The second-order valence-corrected chi connectivity index (χ2v) is 7.69. The molecule has 1 N–H and O–H groups in total. The summed E-state index contributed by atoms with van der Waals surface area (Å²) in [6.07, 6.45) is 1.49. The number of carbonyl (C=O) groups is 2. The minimum absolute atomic E-state index is 0.0426. The van der Waals surface area contributed by atoms with Gasteiger partial charge in [0.05, 0.1) is 0 Å². The zero-order valence-electron chi connectivity index (χ0n) is 15.8. The first-order valence-corrected chi connectivity index (χ1v) is 8.71. The minimum Gasteiger partial charge on any atom is -0.444 e. The zero-order valence-corrected chi connectivity index (χ0v) is 15.8. The summed E-state index contributed by atoms with van der Waals surface area (Å²) in [7, 11) is 4.16. The maximum absolute atomic E-state index is 12.6. The van der Waals surface area contributed by atoms with Crippen molar-refractivity contribution in [1.29, 1.82) is 0 Å². The topological polar surface area (TPSA) is 61.9 Å². The molecule has 1 aliphatic rings. The molecule has 0 atom stereocenters. The van der Waals surface area contributed by atoms with E-state index < -0.39 is 11.7 Å². The molecule has 0 aromatic heterocycles. The standard InChI is InChI=1S/C19H29N3O3/c1-19(2,3)25-18(24)20-15-8-6-14(7-9-15)17(23)22-12-10-16(11-13-22)21(4)5/h6-9,16H,10-13H2,1-5H3,(H,20,24). The van der Waals surface area contributed by atoms with Crippen LogP contribution in [0.2, 0.25) is 0 Å². The summed E-state index contributed by atoms with van der Waals surface area (Å²) in [5.41, 5.74) is 0.703. The fraction of sp³-hybridized carbons (Fsp3) is 0.579. The molecule has 1 aromatic rings. The van der Waals surface area contributed by atoms with Gasteiger partial charge in [-0.2, -0.15) is 0 Å². The molecule has 0 unspecified atom stereocenters. The normalized spacial score (nSPS) is 16.0. The van der Waals surface area contributed by atoms with Gasteiger partial charge >= 0.3 is 6.09 Å². The summed E-state index contributed by atoms with van der Waals surface area (Å²) >= 11 is 0. The van der Waals surface area contributed by atoms with Crippen LogP contribution >= 0.6 is 0 Å². The molecule has 6 heteroatoms. The molecular weight excluding hydrogens is 318 g/mol. The molecule has 1 heterocycles. The largest absolute Gasteiger partial charge is 0.444 e. The van der Waals surface area contributed by atoms with Gasteiger partial charge in [0.1, 0.15) is 5.60 Å². The summed E-state index contributed by atoms with van der Waals surface area (Å²) in [6.45, 7) is 6.99. The van der Waals surface area contributed by atoms with E-state index in [1.54, 1.807) is 24.3 Å². The summed E-state index contributed by atoms with van der Waals surface area (Å²) < 4.78 is 5.21. The lowest BCUT2D eigenvalue weighted by molar-refractivity contribution is 0.0634. The van der Waals surface area contributed by atoms with Crippen LogP contribution in [0.3, 0.4) is 0 Å². The molecule has 0 radical (unpaired) electrons. The van der Waals surface area contributed by atoms with Crippen LogP contribution in [-0.4, -0.2) is 60.6 Å². The van der Waals surface area contributed by atoms with E-state index >= 15 is 0 Å². The van der Waals surface area contributed by atoms with Crippen LogP contribution < -0.4 is 5.32 Å². The van der Waals surface area contributed by atoms with E-state index in [0.29, 0.717) is 17.3 Å². The first-order chi connectivity index (χ1) is 11.7. The molecule has 0 spiro atoms. The molecule has 2 rings (SSSR count). The molecule has 0 saturated carbocycles. The predicted octanol–water partition coefficient (Wildman–Crippen LogP) is 3.20. The van der Waals surface area contributed by atoms with E-state index in [-0.39, 0.29) is 5.91 Å². The van der Waals surface area contributed by atoms with E-state index in [1.165, 1.54) is 0 Å². The maximum atomic E-state index is 12.6. The number of benzene rings is 1. The average Bonchev–Trinajstić information content (AvgIpc) is 2.53. The highest BCUT2D eigenvalue weighted by Gasteiger charge is 2.24. The van der Waals surface area contributed by atoms with Crippen molar-refractivity contribution >= 4 is 17.7 Å². The highest BCUT2D eigenvalue weighted by atomic mass is 16.6. The van der Waals surface area contributed by atoms with Gasteiger partial charge in [-0.1, -0.05) is 0 Å². The molecule has 0 aliphatic carbocycles. The Balaban J connectivity index is 1.91. The Labute approximate surface area is 150 Å². The molecule has 1 fully saturated rings. The summed E-state index contributed by atoms with van der Waals surface area (Å²) in [5, 5.41) is 2.67. The molecule has 25 heavy (non-hydrogen) atoms. The SMILES string of the molecule is CN(C)C1CCN(C(=O)c2ccc(NC(=O)OC(C)(C)C)cc2)CC1. The number of piperidine rings is 1. The van der Waals surface area contributed by atoms with Crippen molar-refractivity contribution in [2.24, 2.45) is 0 Å². The van der Waals surface area contributed by atoms with Gasteiger partial charge in [-0.25, -0.2) is 4.79 Å². The highest BCUT2D eigenvalue weighted by molar-refractivity contribution is 5.95. The van der Waals surface area contributed by atoms with Crippen molar-refractivity contribution in [1.82, 2.24) is 9.80 Å². The lowest BCUT2D eigenvalue weighted by Crippen LogP contribution is -2.44. The van der Waals surface area contributed by atoms with Crippen LogP contribution in [0, 0.1) is 0 Å². The lowest BCUT2D eigenvalue weighted by Gasteiger charge is -2.35. The molecule has 1 aromatic carbocycles. The van der Waals surface area contributed by atoms with Crippen molar-refractivity contribution < 1.29 is 14.3 Å². The average molecular weight is 347 g/mol. The van der Waals surface area contributed by atoms with Gasteiger partial charge in [0.15, 0.2) is 0 Å². The van der Waals surface area contributed by atoms with E-state index in [2.05, 4.69) is 24.3 Å². The second-order valence-electron chi connectivity index (χ2n) is 7.69. The van der Waals surface area contributed by atoms with Crippen molar-refractivity contribution in [3.63, 3.8) is 0 Å². The van der Waals surface area contributed by atoms with Gasteiger partial charge in [-0.15, -0.1) is 0 Å². The van der Waals surface area contributed by atoms with E-state index in [0.717, 1.165) is 25.9 Å². The van der Waals surface area contributed by atoms with Gasteiger partial charge in [0, 0.05) is 30.4 Å². The molecular formula is C19H29N3O3. The molecule has 2 amide bonds. The summed E-state index contributed by atoms with van der Waals surface area (Å²) in [6, 6.07) is 7.48. The number of carbonyl (C=O) groups excluding carboxylic acids is 2. The molecule has 1 saturated heterocycles. The third kappa shape index (κ3) is 5.74. The second kappa shape index (κ2) is 7.87. The van der Waals surface area contributed by atoms with Crippen LogP contribution in [0.1, 0.15) is 44.0 Å². The fourth-order valence-corrected chi connectivity index (χ4v) is 2.89. The van der Waals surface area contributed by atoms with Gasteiger partial charge in [0.25, 0.3) is 5.91 Å². The van der Waals surface area contributed by atoms with Crippen molar-refractivity contribution in [2.45, 2.75) is 45.3 Å². The Kier molecular flexibility index (Phi) is 6.06. The van der Waals surface area contributed by atoms with Gasteiger partial charge in [-0.05, 0) is 72.0 Å². The highest BCUT2D eigenvalue weighted by Crippen LogP contribution is 2.18. The van der Waals surface area contributed by atoms with Gasteiger partial charge in [0.2, 0.25) is 0 Å². The molecule has 0 bridgehead atoms. The number of nitrogens with zero attached hydrogens (tertiary/aromatic N) is 2. The number of nitrogens with one attached hydrogen (secondary N) is 1. The number of likely N-dealkylation sites (tertiary alicyclic amines) is 1. The van der Waals surface area contributed by atoms with Crippen LogP contribution in [-0.2, 0) is 4.74 Å². The van der Waals surface area contributed by atoms with Crippen LogP contribution in [0.15, 0.2) is 24.3 Å². The number of hydrogen-bond donors (Lipinski definition) is 1. The number of anilines is 1. The lowest BCUT2D eigenvalue weighted by atomic mass is 10.0. The van der Waals surface area contributed by atoms with Crippen LogP contribution in [0.25, 0.3) is 0 Å². The Hall–Kier alpha value is -2.08. The Morgan fingerprint density at radius 2 is 1.68 bits per heavy atom. The number of rotatable bonds is 3. The first-order valence-electron chi connectivity index (χ1n) is 8.71. The van der Waals surface area contributed by atoms with Crippen LogP contribution in [0.5, 0.6) is 0 Å². The minimum atomic E-state index is -0.543. The molecule has 6 nitrogen and oxygen atoms in total. The van der Waals surface area contributed by atoms with Crippen LogP contribution in [0.4, 0.5) is 10.5 Å². The maximum Gasteiger partial charge on any atom is 0.412 e. The summed E-state index contributed by atoms with van der Waals surface area (Å²) in [5.74, 6) is 0.0426. The predicted molar refractivity (Wildman–Crippen MR) is 98.9 cm³/mol. The third-order valence-corrected chi connectivity index (χ3v) is 4.26. The smallest absolute Gasteiger partial charge is 0.412 e. The zero-order chi connectivity index (χ0) is 18.6. The number of ether oxygens (including phenoxy) is 1. The number of amides is 2. The van der Waals surface area contributed by atoms with E-state index in [9.17, 15) is 9.59 Å². The van der Waals surface area contributed by atoms with Crippen molar-refractivity contribution in [3.05, 3.63) is 29.8 Å². The molecule has 1 aliphatic heterocycles. The Bertz CT molecular complexity index is 597. The molecule has 138 valence electrons. The van der Waals surface area contributed by atoms with Gasteiger partial charge < -0.3 is 14.5 Å². The Morgan fingerprint density at radius 1 is 1.12 bits per heavy atom. The fourth-order valence-electron chi connectivity index (χ4n) is 2.89. The van der Waals surface area contributed by atoms with E-state index in [4.69, 9.17) is 4.74 Å². The van der Waals surface area contributed by atoms with Gasteiger partial charge in [-0.3, -0.25) is 10.1 Å². The van der Waals surface area contributed by atoms with E-state index in [1.807, 2.05) is 25.7 Å². The monoisotopic (exact) mass is 347 g/mol. The Morgan fingerprint density at radius 3 is 2.16 bits per heavy atom. The quantitative estimate of drug-likeness (QED) is 0.912. The van der Waals surface area contributed by atoms with Crippen molar-refractivity contribution in [3.8, 4) is 0 Å². The first kappa shape index (κ1) is 19.2. The van der Waals surface area contributed by atoms with Crippen molar-refractivity contribution in [2.75, 3.05) is 32.5 Å². The third-order valence-electron chi connectivity index (χ3n) is 4.26.